The first kappa shape index (κ1) is 16.0. The Balaban J connectivity index is 1.39. The number of carbonyl (C=O) groups is 1. The summed E-state index contributed by atoms with van der Waals surface area (Å²) >= 11 is 3.39. The Labute approximate surface area is 152 Å². The van der Waals surface area contributed by atoms with Gasteiger partial charge in [0, 0.05) is 22.2 Å². The summed E-state index contributed by atoms with van der Waals surface area (Å²) in [7, 11) is 0. The molecule has 0 aliphatic rings. The van der Waals surface area contributed by atoms with Crippen LogP contribution in [-0.4, -0.2) is 27.6 Å². The first-order valence-electron chi connectivity index (χ1n) is 7.92. The predicted octanol–water partition coefficient (Wildman–Crippen LogP) is 4.03. The van der Waals surface area contributed by atoms with Gasteiger partial charge >= 0.3 is 0 Å². The summed E-state index contributed by atoms with van der Waals surface area (Å²) in [6, 6.07) is 9.82. The monoisotopic (exact) mass is 368 g/mol. The molecule has 5 nitrogen and oxygen atoms in total. The molecule has 3 heterocycles. The molecule has 1 aromatic carbocycles. The Kier molecular flexibility index (Phi) is 4.33. The van der Waals surface area contributed by atoms with E-state index in [1.807, 2.05) is 25.1 Å². The van der Waals surface area contributed by atoms with Gasteiger partial charge in [-0.3, -0.25) is 9.89 Å². The average Bonchev–Trinajstić information content (AvgIpc) is 3.33. The van der Waals surface area contributed by atoms with Crippen LogP contribution >= 0.6 is 22.7 Å². The molecular formula is C18H16N4OS2. The Bertz CT molecular complexity index is 1030. The fourth-order valence-electron chi connectivity index (χ4n) is 2.68. The van der Waals surface area contributed by atoms with Crippen LogP contribution in [0.5, 0.6) is 0 Å². The third kappa shape index (κ3) is 3.33. The average molecular weight is 368 g/mol. The van der Waals surface area contributed by atoms with Gasteiger partial charge in [0.15, 0.2) is 0 Å². The number of hydrogen-bond donors (Lipinski definition) is 2. The lowest BCUT2D eigenvalue weighted by molar-refractivity contribution is 0.0955. The van der Waals surface area contributed by atoms with Gasteiger partial charge in [0.25, 0.3) is 5.91 Å². The van der Waals surface area contributed by atoms with Crippen molar-refractivity contribution in [3.8, 4) is 10.6 Å². The van der Waals surface area contributed by atoms with Crippen molar-refractivity contribution in [2.45, 2.75) is 13.3 Å². The molecule has 0 radical (unpaired) electrons. The van der Waals surface area contributed by atoms with E-state index in [1.165, 1.54) is 9.75 Å². The van der Waals surface area contributed by atoms with E-state index in [0.29, 0.717) is 12.1 Å². The Morgan fingerprint density at radius 1 is 1.28 bits per heavy atom. The van der Waals surface area contributed by atoms with E-state index in [-0.39, 0.29) is 5.91 Å². The van der Waals surface area contributed by atoms with Crippen molar-refractivity contribution in [2.75, 3.05) is 6.54 Å². The maximum Gasteiger partial charge on any atom is 0.253 e. The molecule has 0 saturated heterocycles. The lowest BCUT2D eigenvalue weighted by Crippen LogP contribution is -2.25. The van der Waals surface area contributed by atoms with Crippen LogP contribution in [0.3, 0.4) is 0 Å². The third-order valence-electron chi connectivity index (χ3n) is 3.91. The van der Waals surface area contributed by atoms with Gasteiger partial charge in [0.2, 0.25) is 0 Å². The van der Waals surface area contributed by atoms with Crippen molar-refractivity contribution < 1.29 is 4.79 Å². The number of carbonyl (C=O) groups excluding carboxylic acids is 1. The van der Waals surface area contributed by atoms with Crippen LogP contribution in [-0.2, 0) is 6.42 Å². The first-order chi connectivity index (χ1) is 12.2. The fourth-order valence-corrected chi connectivity index (χ4v) is 4.33. The molecule has 0 spiro atoms. The number of aromatic nitrogens is 3. The molecule has 126 valence electrons. The Morgan fingerprint density at radius 2 is 2.20 bits per heavy atom. The van der Waals surface area contributed by atoms with Crippen molar-refractivity contribution in [2.24, 2.45) is 0 Å². The number of hydrogen-bond acceptors (Lipinski definition) is 5. The number of fused-ring (bicyclic) bond motifs is 1. The standard InChI is InChI=1S/C18H16N4OS2/c1-11-21-15(10-24-11)16-6-5-13(25-16)7-8-19-18(23)14-4-2-3-12-9-20-22-17(12)14/h2-6,9-10H,7-8H2,1H3,(H,19,23)(H,20,22). The van der Waals surface area contributed by atoms with E-state index in [2.05, 4.69) is 38.0 Å². The van der Waals surface area contributed by atoms with Crippen LogP contribution in [0.4, 0.5) is 0 Å². The highest BCUT2D eigenvalue weighted by molar-refractivity contribution is 7.16. The van der Waals surface area contributed by atoms with Crippen LogP contribution < -0.4 is 5.32 Å². The molecule has 0 aliphatic heterocycles. The molecular weight excluding hydrogens is 352 g/mol. The minimum atomic E-state index is -0.0817. The molecule has 25 heavy (non-hydrogen) atoms. The van der Waals surface area contributed by atoms with E-state index in [0.717, 1.165) is 28.0 Å². The molecule has 4 rings (SSSR count). The summed E-state index contributed by atoms with van der Waals surface area (Å²) < 4.78 is 0. The zero-order valence-electron chi connectivity index (χ0n) is 13.6. The lowest BCUT2D eigenvalue weighted by Gasteiger charge is -2.05. The summed E-state index contributed by atoms with van der Waals surface area (Å²) in [6.45, 7) is 2.61. The zero-order valence-corrected chi connectivity index (χ0v) is 15.2. The maximum absolute atomic E-state index is 12.4. The minimum absolute atomic E-state index is 0.0817. The van der Waals surface area contributed by atoms with Gasteiger partial charge in [-0.15, -0.1) is 22.7 Å². The van der Waals surface area contributed by atoms with Crippen LogP contribution in [0.25, 0.3) is 21.5 Å². The number of nitrogens with one attached hydrogen (secondary N) is 2. The molecule has 0 saturated carbocycles. The largest absolute Gasteiger partial charge is 0.352 e. The van der Waals surface area contributed by atoms with Gasteiger partial charge in [0.05, 0.1) is 32.9 Å². The molecule has 1 amide bonds. The van der Waals surface area contributed by atoms with E-state index < -0.39 is 0 Å². The minimum Gasteiger partial charge on any atom is -0.352 e. The maximum atomic E-state index is 12.4. The first-order valence-corrected chi connectivity index (χ1v) is 9.62. The quantitative estimate of drug-likeness (QED) is 0.559. The van der Waals surface area contributed by atoms with Crippen molar-refractivity contribution in [3.05, 3.63) is 57.4 Å². The van der Waals surface area contributed by atoms with Crippen molar-refractivity contribution in [1.29, 1.82) is 0 Å². The van der Waals surface area contributed by atoms with Crippen molar-refractivity contribution in [3.63, 3.8) is 0 Å². The fraction of sp³-hybridized carbons (Fsp3) is 0.167. The van der Waals surface area contributed by atoms with E-state index >= 15 is 0 Å². The second kappa shape index (κ2) is 6.78. The summed E-state index contributed by atoms with van der Waals surface area (Å²) in [6.07, 6.45) is 2.53. The van der Waals surface area contributed by atoms with Crippen LogP contribution in [0.15, 0.2) is 41.9 Å². The highest BCUT2D eigenvalue weighted by Gasteiger charge is 2.11. The molecule has 0 unspecified atom stereocenters. The Morgan fingerprint density at radius 3 is 3.04 bits per heavy atom. The van der Waals surface area contributed by atoms with E-state index in [4.69, 9.17) is 0 Å². The van der Waals surface area contributed by atoms with E-state index in [1.54, 1.807) is 28.9 Å². The molecule has 7 heteroatoms. The van der Waals surface area contributed by atoms with Crippen molar-refractivity contribution >= 4 is 39.5 Å². The van der Waals surface area contributed by atoms with Gasteiger partial charge < -0.3 is 5.32 Å². The summed E-state index contributed by atoms with van der Waals surface area (Å²) in [5.41, 5.74) is 2.44. The van der Waals surface area contributed by atoms with Gasteiger partial charge in [-0.1, -0.05) is 12.1 Å². The number of amides is 1. The van der Waals surface area contributed by atoms with Crippen LogP contribution in [0.2, 0.25) is 0 Å². The number of para-hydroxylation sites is 1. The smallest absolute Gasteiger partial charge is 0.253 e. The second-order valence-corrected chi connectivity index (χ2v) is 7.89. The SMILES string of the molecule is Cc1nc(-c2ccc(CCNC(=O)c3cccc4cn[nH]c34)s2)cs1. The van der Waals surface area contributed by atoms with Gasteiger partial charge in [0.1, 0.15) is 0 Å². The highest BCUT2D eigenvalue weighted by Crippen LogP contribution is 2.29. The van der Waals surface area contributed by atoms with Gasteiger partial charge in [-0.05, 0) is 31.5 Å². The lowest BCUT2D eigenvalue weighted by atomic mass is 10.1. The molecule has 4 aromatic rings. The molecule has 3 aromatic heterocycles. The third-order valence-corrected chi connectivity index (χ3v) is 5.85. The number of benzene rings is 1. The molecule has 0 bridgehead atoms. The molecule has 0 atom stereocenters. The number of aromatic amines is 1. The van der Waals surface area contributed by atoms with Gasteiger partial charge in [-0.2, -0.15) is 5.10 Å². The predicted molar refractivity (Wildman–Crippen MR) is 102 cm³/mol. The summed E-state index contributed by atoms with van der Waals surface area (Å²) in [4.78, 5) is 19.3. The number of H-pyrrole nitrogens is 1. The number of aryl methyl sites for hydroxylation is 1. The van der Waals surface area contributed by atoms with Crippen molar-refractivity contribution in [1.82, 2.24) is 20.5 Å². The number of nitrogens with zero attached hydrogens (tertiary/aromatic N) is 2. The molecule has 0 aliphatic carbocycles. The van der Waals surface area contributed by atoms with E-state index in [9.17, 15) is 4.79 Å². The van der Waals surface area contributed by atoms with Crippen LogP contribution in [0, 0.1) is 6.92 Å². The summed E-state index contributed by atoms with van der Waals surface area (Å²) in [5, 5.41) is 14.0. The number of thiophene rings is 1. The number of rotatable bonds is 5. The molecule has 2 N–H and O–H groups in total. The highest BCUT2D eigenvalue weighted by atomic mass is 32.1. The summed E-state index contributed by atoms with van der Waals surface area (Å²) in [5.74, 6) is -0.0817. The van der Waals surface area contributed by atoms with Gasteiger partial charge in [-0.25, -0.2) is 4.98 Å². The zero-order chi connectivity index (χ0) is 17.2. The topological polar surface area (TPSA) is 70.7 Å². The normalized spacial score (nSPS) is 11.1. The molecule has 0 fully saturated rings. The second-order valence-electron chi connectivity index (χ2n) is 5.66. The number of thiazole rings is 1. The van der Waals surface area contributed by atoms with Crippen LogP contribution in [0.1, 0.15) is 20.2 Å². The Hall–Kier alpha value is -2.51.